The van der Waals surface area contributed by atoms with Crippen molar-refractivity contribution in [2.75, 3.05) is 4.90 Å². The van der Waals surface area contributed by atoms with Crippen molar-refractivity contribution in [2.24, 2.45) is 0 Å². The molecule has 0 radical (unpaired) electrons. The van der Waals surface area contributed by atoms with Gasteiger partial charge in [-0.2, -0.15) is 0 Å². The molecule has 2 nitrogen and oxygen atoms in total. The van der Waals surface area contributed by atoms with Gasteiger partial charge in [0, 0.05) is 27.7 Å². The summed E-state index contributed by atoms with van der Waals surface area (Å²) in [6.45, 7) is 0. The summed E-state index contributed by atoms with van der Waals surface area (Å²) in [6.07, 6.45) is 0. The SMILES string of the molecule is c1ccc(-c2ccc(-c3ccc(N(c4ccc5oc6ccccc6c5c4)c4cc(-c5ccc6ccccc6c5)ccc4-c4ccccc4)cc3)cc2-c2ccccc2)cc1. The van der Waals surface area contributed by atoms with Crippen LogP contribution in [0.4, 0.5) is 17.1 Å². The summed E-state index contributed by atoms with van der Waals surface area (Å²) in [7, 11) is 0. The number of rotatable bonds is 8. The lowest BCUT2D eigenvalue weighted by atomic mass is 9.91. The number of anilines is 3. The molecular formula is C58H39NO. The van der Waals surface area contributed by atoms with E-state index in [0.717, 1.165) is 61.3 Å². The van der Waals surface area contributed by atoms with Crippen molar-refractivity contribution >= 4 is 49.8 Å². The molecule has 2 heteroatoms. The minimum atomic E-state index is 0.872. The molecule has 282 valence electrons. The summed E-state index contributed by atoms with van der Waals surface area (Å²) >= 11 is 0. The van der Waals surface area contributed by atoms with Crippen molar-refractivity contribution in [3.63, 3.8) is 0 Å². The lowest BCUT2D eigenvalue weighted by Gasteiger charge is -2.29. The monoisotopic (exact) mass is 765 g/mol. The molecule has 0 aliphatic rings. The van der Waals surface area contributed by atoms with Crippen molar-refractivity contribution in [3.05, 3.63) is 237 Å². The number of benzene rings is 10. The zero-order valence-electron chi connectivity index (χ0n) is 32.9. The number of fused-ring (bicyclic) bond motifs is 4. The summed E-state index contributed by atoms with van der Waals surface area (Å²) in [5, 5.41) is 4.64. The molecule has 11 rings (SSSR count). The van der Waals surface area contributed by atoms with Crippen LogP contribution in [0.25, 0.3) is 88.3 Å². The fourth-order valence-electron chi connectivity index (χ4n) is 8.66. The van der Waals surface area contributed by atoms with Gasteiger partial charge in [0.2, 0.25) is 0 Å². The maximum Gasteiger partial charge on any atom is 0.135 e. The summed E-state index contributed by atoms with van der Waals surface area (Å²) in [4.78, 5) is 2.41. The zero-order chi connectivity index (χ0) is 39.8. The van der Waals surface area contributed by atoms with Crippen LogP contribution in [0.3, 0.4) is 0 Å². The van der Waals surface area contributed by atoms with Gasteiger partial charge >= 0.3 is 0 Å². The van der Waals surface area contributed by atoms with Gasteiger partial charge < -0.3 is 9.32 Å². The quantitative estimate of drug-likeness (QED) is 0.153. The molecule has 11 aromatic rings. The van der Waals surface area contributed by atoms with Gasteiger partial charge in [-0.15, -0.1) is 0 Å². The van der Waals surface area contributed by atoms with Gasteiger partial charge in [0.1, 0.15) is 11.2 Å². The minimum Gasteiger partial charge on any atom is -0.456 e. The first-order valence-corrected chi connectivity index (χ1v) is 20.5. The number of hydrogen-bond donors (Lipinski definition) is 0. The molecule has 0 aliphatic heterocycles. The molecule has 0 unspecified atom stereocenters. The highest BCUT2D eigenvalue weighted by molar-refractivity contribution is 6.07. The van der Waals surface area contributed by atoms with E-state index in [1.165, 1.54) is 44.2 Å². The Morgan fingerprint density at radius 1 is 0.267 bits per heavy atom. The van der Waals surface area contributed by atoms with E-state index >= 15 is 0 Å². The Bertz CT molecular complexity index is 3290. The smallest absolute Gasteiger partial charge is 0.135 e. The molecule has 0 aliphatic carbocycles. The van der Waals surface area contributed by atoms with E-state index in [4.69, 9.17) is 4.42 Å². The van der Waals surface area contributed by atoms with Crippen molar-refractivity contribution in [1.82, 2.24) is 0 Å². The zero-order valence-corrected chi connectivity index (χ0v) is 32.9. The van der Waals surface area contributed by atoms with Crippen LogP contribution in [0.1, 0.15) is 0 Å². The van der Waals surface area contributed by atoms with Gasteiger partial charge in [0.25, 0.3) is 0 Å². The minimum absolute atomic E-state index is 0.872. The van der Waals surface area contributed by atoms with Gasteiger partial charge in [-0.25, -0.2) is 0 Å². The summed E-state index contributed by atoms with van der Waals surface area (Å²) < 4.78 is 6.33. The van der Waals surface area contributed by atoms with Gasteiger partial charge in [-0.05, 0) is 115 Å². The Balaban J connectivity index is 1.09. The Labute approximate surface area is 349 Å². The highest BCUT2D eigenvalue weighted by atomic mass is 16.3. The topological polar surface area (TPSA) is 16.4 Å². The molecule has 0 atom stereocenters. The first kappa shape index (κ1) is 35.2. The average Bonchev–Trinajstić information content (AvgIpc) is 3.70. The number of furan rings is 1. The van der Waals surface area contributed by atoms with Crippen LogP contribution in [0.15, 0.2) is 241 Å². The molecule has 0 spiro atoms. The van der Waals surface area contributed by atoms with Crippen LogP contribution in [-0.4, -0.2) is 0 Å². The van der Waals surface area contributed by atoms with Crippen molar-refractivity contribution < 1.29 is 4.42 Å². The Morgan fingerprint density at radius 2 is 0.783 bits per heavy atom. The lowest BCUT2D eigenvalue weighted by molar-refractivity contribution is 0.669. The van der Waals surface area contributed by atoms with Gasteiger partial charge in [0.15, 0.2) is 0 Å². The first-order valence-electron chi connectivity index (χ1n) is 20.5. The molecular weight excluding hydrogens is 727 g/mol. The number of hydrogen-bond acceptors (Lipinski definition) is 2. The van der Waals surface area contributed by atoms with Crippen LogP contribution in [0.2, 0.25) is 0 Å². The molecule has 10 aromatic carbocycles. The van der Waals surface area contributed by atoms with Crippen LogP contribution in [0, 0.1) is 0 Å². The maximum atomic E-state index is 6.33. The third kappa shape index (κ3) is 6.51. The fraction of sp³-hybridized carbons (Fsp3) is 0. The lowest BCUT2D eigenvalue weighted by Crippen LogP contribution is -2.11. The Kier molecular flexibility index (Phi) is 8.87. The molecule has 0 bridgehead atoms. The standard InChI is InChI=1S/C58H39NO/c1-4-15-42(16-5-1)51-33-28-47(37-54(51)44-19-8-3-9-20-44)41-26-30-49(31-27-41)59(50-32-35-58-55(39-50)53-22-12-13-23-57(53)60-58)56-38-48(29-34-52(56)43-17-6-2-7-18-43)46-25-24-40-14-10-11-21-45(40)36-46/h1-39H. The van der Waals surface area contributed by atoms with E-state index < -0.39 is 0 Å². The second-order valence-electron chi connectivity index (χ2n) is 15.3. The third-order valence-corrected chi connectivity index (χ3v) is 11.7. The largest absolute Gasteiger partial charge is 0.456 e. The van der Waals surface area contributed by atoms with Crippen LogP contribution < -0.4 is 4.90 Å². The van der Waals surface area contributed by atoms with E-state index in [9.17, 15) is 0 Å². The van der Waals surface area contributed by atoms with Gasteiger partial charge in [0.05, 0.1) is 5.69 Å². The molecule has 0 saturated carbocycles. The highest BCUT2D eigenvalue weighted by Gasteiger charge is 2.21. The molecule has 0 amide bonds. The second-order valence-corrected chi connectivity index (χ2v) is 15.3. The molecule has 1 heterocycles. The molecule has 1 aromatic heterocycles. The van der Waals surface area contributed by atoms with E-state index in [1.54, 1.807) is 0 Å². The number of nitrogens with zero attached hydrogens (tertiary/aromatic N) is 1. The van der Waals surface area contributed by atoms with Crippen LogP contribution in [0.5, 0.6) is 0 Å². The second kappa shape index (κ2) is 15.1. The fourth-order valence-corrected chi connectivity index (χ4v) is 8.66. The summed E-state index contributed by atoms with van der Waals surface area (Å²) in [5.41, 5.74) is 16.7. The van der Waals surface area contributed by atoms with Crippen molar-refractivity contribution in [1.29, 1.82) is 0 Å². The molecule has 0 saturated heterocycles. The molecule has 0 N–H and O–H groups in total. The van der Waals surface area contributed by atoms with Crippen LogP contribution >= 0.6 is 0 Å². The summed E-state index contributed by atoms with van der Waals surface area (Å²) in [5.74, 6) is 0. The Morgan fingerprint density at radius 3 is 1.52 bits per heavy atom. The summed E-state index contributed by atoms with van der Waals surface area (Å²) in [6, 6.07) is 85.1. The van der Waals surface area contributed by atoms with Gasteiger partial charge in [-0.1, -0.05) is 182 Å². The predicted octanol–water partition coefficient (Wildman–Crippen LogP) is 16.5. The van der Waals surface area contributed by atoms with Gasteiger partial charge in [-0.3, -0.25) is 0 Å². The number of para-hydroxylation sites is 1. The Hall–Kier alpha value is -7.94. The molecule has 0 fully saturated rings. The normalized spacial score (nSPS) is 11.3. The van der Waals surface area contributed by atoms with E-state index in [0.29, 0.717) is 0 Å². The van der Waals surface area contributed by atoms with E-state index in [2.05, 4.69) is 229 Å². The highest BCUT2D eigenvalue weighted by Crippen LogP contribution is 2.45. The first-order chi connectivity index (χ1) is 29.7. The van der Waals surface area contributed by atoms with Crippen molar-refractivity contribution in [3.8, 4) is 55.6 Å². The predicted molar refractivity (Wildman–Crippen MR) is 253 cm³/mol. The van der Waals surface area contributed by atoms with Crippen molar-refractivity contribution in [2.45, 2.75) is 0 Å². The average molecular weight is 766 g/mol. The third-order valence-electron chi connectivity index (χ3n) is 11.7. The van der Waals surface area contributed by atoms with Crippen LogP contribution in [-0.2, 0) is 0 Å². The molecule has 60 heavy (non-hydrogen) atoms. The maximum absolute atomic E-state index is 6.33. The van der Waals surface area contributed by atoms with E-state index in [1.807, 2.05) is 12.1 Å². The van der Waals surface area contributed by atoms with E-state index in [-0.39, 0.29) is 0 Å².